The summed E-state index contributed by atoms with van der Waals surface area (Å²) in [7, 11) is 0. The van der Waals surface area contributed by atoms with Crippen LogP contribution in [0.4, 0.5) is 0 Å². The van der Waals surface area contributed by atoms with E-state index < -0.39 is 0 Å². The van der Waals surface area contributed by atoms with E-state index in [0.717, 1.165) is 35.3 Å². The van der Waals surface area contributed by atoms with Crippen molar-refractivity contribution in [3.63, 3.8) is 0 Å². The SMILES string of the molecule is CCc1cc(O)c(C)c(CC)c1OC(C)C. The number of hydrogen-bond donors (Lipinski definition) is 1. The number of ether oxygens (including phenoxy) is 1. The molecule has 0 radical (unpaired) electrons. The van der Waals surface area contributed by atoms with Crippen LogP contribution >= 0.6 is 0 Å². The molecule has 2 heteroatoms. The van der Waals surface area contributed by atoms with Gasteiger partial charge in [-0.3, -0.25) is 0 Å². The Bertz CT molecular complexity index is 367. The largest absolute Gasteiger partial charge is 0.508 e. The quantitative estimate of drug-likeness (QED) is 0.843. The summed E-state index contributed by atoms with van der Waals surface area (Å²) in [5.74, 6) is 1.35. The second-order valence-electron chi connectivity index (χ2n) is 4.36. The zero-order valence-corrected chi connectivity index (χ0v) is 10.9. The summed E-state index contributed by atoms with van der Waals surface area (Å²) in [6, 6.07) is 1.83. The predicted octanol–water partition coefficient (Wildman–Crippen LogP) is 3.61. The van der Waals surface area contributed by atoms with E-state index in [1.165, 1.54) is 0 Å². The molecule has 0 fully saturated rings. The van der Waals surface area contributed by atoms with Crippen LogP contribution < -0.4 is 4.74 Å². The Labute approximate surface area is 98.3 Å². The fourth-order valence-electron chi connectivity index (χ4n) is 1.93. The number of aryl methyl sites for hydroxylation is 1. The van der Waals surface area contributed by atoms with Gasteiger partial charge < -0.3 is 9.84 Å². The van der Waals surface area contributed by atoms with Crippen LogP contribution in [-0.2, 0) is 12.8 Å². The summed E-state index contributed by atoms with van der Waals surface area (Å²) in [5, 5.41) is 9.85. The number of hydrogen-bond acceptors (Lipinski definition) is 2. The van der Waals surface area contributed by atoms with Crippen LogP contribution in [0.25, 0.3) is 0 Å². The first kappa shape index (κ1) is 12.9. The molecule has 0 saturated heterocycles. The van der Waals surface area contributed by atoms with E-state index in [1.807, 2.05) is 26.8 Å². The summed E-state index contributed by atoms with van der Waals surface area (Å²) in [6.07, 6.45) is 1.93. The Kier molecular flexibility index (Phi) is 4.22. The molecule has 0 atom stereocenters. The summed E-state index contributed by atoms with van der Waals surface area (Å²) >= 11 is 0. The minimum absolute atomic E-state index is 0.166. The van der Waals surface area contributed by atoms with E-state index in [4.69, 9.17) is 4.74 Å². The van der Waals surface area contributed by atoms with E-state index in [2.05, 4.69) is 13.8 Å². The molecule has 1 N–H and O–H groups in total. The number of phenols is 1. The van der Waals surface area contributed by atoms with Crippen molar-refractivity contribution in [3.8, 4) is 11.5 Å². The molecule has 0 bridgehead atoms. The maximum absolute atomic E-state index is 9.85. The smallest absolute Gasteiger partial charge is 0.126 e. The van der Waals surface area contributed by atoms with E-state index in [-0.39, 0.29) is 6.10 Å². The van der Waals surface area contributed by atoms with Gasteiger partial charge in [-0.15, -0.1) is 0 Å². The molecule has 90 valence electrons. The van der Waals surface area contributed by atoms with Gasteiger partial charge in [0, 0.05) is 5.56 Å². The lowest BCUT2D eigenvalue weighted by Crippen LogP contribution is -2.10. The van der Waals surface area contributed by atoms with Gasteiger partial charge in [-0.2, -0.15) is 0 Å². The van der Waals surface area contributed by atoms with E-state index in [0.29, 0.717) is 5.75 Å². The van der Waals surface area contributed by atoms with E-state index in [1.54, 1.807) is 0 Å². The van der Waals surface area contributed by atoms with Crippen molar-refractivity contribution in [1.29, 1.82) is 0 Å². The Hall–Kier alpha value is -1.18. The molecule has 1 aromatic rings. The van der Waals surface area contributed by atoms with Crippen molar-refractivity contribution in [2.24, 2.45) is 0 Å². The summed E-state index contributed by atoms with van der Waals surface area (Å²) in [6.45, 7) is 10.2. The molecule has 0 heterocycles. The molecule has 1 rings (SSSR count). The van der Waals surface area contributed by atoms with Crippen LogP contribution in [0.15, 0.2) is 6.07 Å². The third-order valence-corrected chi connectivity index (χ3v) is 2.80. The average molecular weight is 222 g/mol. The number of rotatable bonds is 4. The van der Waals surface area contributed by atoms with Crippen molar-refractivity contribution < 1.29 is 9.84 Å². The van der Waals surface area contributed by atoms with Gasteiger partial charge in [0.2, 0.25) is 0 Å². The third-order valence-electron chi connectivity index (χ3n) is 2.80. The second kappa shape index (κ2) is 5.24. The van der Waals surface area contributed by atoms with Crippen molar-refractivity contribution >= 4 is 0 Å². The van der Waals surface area contributed by atoms with Crippen molar-refractivity contribution in [1.82, 2.24) is 0 Å². The molecular weight excluding hydrogens is 200 g/mol. The topological polar surface area (TPSA) is 29.5 Å². The van der Waals surface area contributed by atoms with Crippen LogP contribution in [0.3, 0.4) is 0 Å². The van der Waals surface area contributed by atoms with Gasteiger partial charge in [-0.1, -0.05) is 13.8 Å². The first-order valence-corrected chi connectivity index (χ1v) is 6.02. The Balaban J connectivity index is 3.34. The maximum Gasteiger partial charge on any atom is 0.126 e. The van der Waals surface area contributed by atoms with Crippen LogP contribution in [-0.4, -0.2) is 11.2 Å². The third kappa shape index (κ3) is 2.49. The minimum atomic E-state index is 0.166. The lowest BCUT2D eigenvalue weighted by atomic mass is 9.98. The zero-order valence-electron chi connectivity index (χ0n) is 10.9. The highest BCUT2D eigenvalue weighted by atomic mass is 16.5. The summed E-state index contributed by atoms with van der Waals surface area (Å²) in [5.41, 5.74) is 3.16. The van der Waals surface area contributed by atoms with Crippen molar-refractivity contribution in [3.05, 3.63) is 22.8 Å². The molecule has 0 aliphatic heterocycles. The monoisotopic (exact) mass is 222 g/mol. The fraction of sp³-hybridized carbons (Fsp3) is 0.571. The second-order valence-corrected chi connectivity index (χ2v) is 4.36. The van der Waals surface area contributed by atoms with Crippen molar-refractivity contribution in [2.45, 2.75) is 53.6 Å². The highest BCUT2D eigenvalue weighted by Gasteiger charge is 2.15. The molecule has 0 aliphatic carbocycles. The molecular formula is C14H22O2. The number of aromatic hydroxyl groups is 1. The van der Waals surface area contributed by atoms with Crippen LogP contribution in [0.2, 0.25) is 0 Å². The van der Waals surface area contributed by atoms with Gasteiger partial charge in [0.1, 0.15) is 11.5 Å². The molecule has 16 heavy (non-hydrogen) atoms. The van der Waals surface area contributed by atoms with Gasteiger partial charge in [-0.05, 0) is 50.8 Å². The predicted molar refractivity (Wildman–Crippen MR) is 67.4 cm³/mol. The molecule has 0 spiro atoms. The lowest BCUT2D eigenvalue weighted by Gasteiger charge is -2.20. The first-order chi connectivity index (χ1) is 7.51. The van der Waals surface area contributed by atoms with Crippen molar-refractivity contribution in [2.75, 3.05) is 0 Å². The van der Waals surface area contributed by atoms with Crippen LogP contribution in [0.1, 0.15) is 44.4 Å². The Morgan fingerprint density at radius 1 is 1.25 bits per heavy atom. The van der Waals surface area contributed by atoms with Gasteiger partial charge >= 0.3 is 0 Å². The molecule has 1 aromatic carbocycles. The summed E-state index contributed by atoms with van der Waals surface area (Å²) < 4.78 is 5.88. The molecule has 0 saturated carbocycles. The minimum Gasteiger partial charge on any atom is -0.508 e. The van der Waals surface area contributed by atoms with E-state index >= 15 is 0 Å². The highest BCUT2D eigenvalue weighted by molar-refractivity contribution is 5.52. The Morgan fingerprint density at radius 3 is 2.31 bits per heavy atom. The lowest BCUT2D eigenvalue weighted by molar-refractivity contribution is 0.237. The standard InChI is InChI=1S/C14H22O2/c1-6-11-8-13(15)10(5)12(7-2)14(11)16-9(3)4/h8-9,15H,6-7H2,1-5H3. The fourth-order valence-corrected chi connectivity index (χ4v) is 1.93. The van der Waals surface area contributed by atoms with E-state index in [9.17, 15) is 5.11 Å². The first-order valence-electron chi connectivity index (χ1n) is 6.02. The highest BCUT2D eigenvalue weighted by Crippen LogP contribution is 2.34. The normalized spacial score (nSPS) is 10.9. The average Bonchev–Trinajstić information content (AvgIpc) is 2.23. The van der Waals surface area contributed by atoms with Gasteiger partial charge in [0.05, 0.1) is 6.10 Å². The molecule has 2 nitrogen and oxygen atoms in total. The van der Waals surface area contributed by atoms with Gasteiger partial charge in [-0.25, -0.2) is 0 Å². The molecule has 0 aromatic heterocycles. The summed E-state index contributed by atoms with van der Waals surface area (Å²) in [4.78, 5) is 0. The molecule has 0 aliphatic rings. The molecule has 0 unspecified atom stereocenters. The maximum atomic E-state index is 9.85. The number of phenolic OH excluding ortho intramolecular Hbond substituents is 1. The molecule has 0 amide bonds. The zero-order chi connectivity index (χ0) is 12.3. The van der Waals surface area contributed by atoms with Gasteiger partial charge in [0.15, 0.2) is 0 Å². The Morgan fingerprint density at radius 2 is 1.88 bits per heavy atom. The van der Waals surface area contributed by atoms with Crippen LogP contribution in [0.5, 0.6) is 11.5 Å². The van der Waals surface area contributed by atoms with Gasteiger partial charge in [0.25, 0.3) is 0 Å². The van der Waals surface area contributed by atoms with Crippen LogP contribution in [0, 0.1) is 6.92 Å². The number of benzene rings is 1.